The number of halogens is 2. The number of nitro groups is 1. The van der Waals surface area contributed by atoms with E-state index in [1.54, 1.807) is 30.3 Å². The Bertz CT molecular complexity index is 1020. The van der Waals surface area contributed by atoms with Crippen LogP contribution in [0.3, 0.4) is 0 Å². The standard InChI is InChI=1S/C16H9Cl2N3O3S/c17-10-5-6-13-11(7-10)14(18)15(25-13)16(22)20-19-8-9-3-1-2-4-12(9)21(23)24/h1-8H,(H,20,22)/b19-8+. The van der Waals surface area contributed by atoms with Gasteiger partial charge in [-0.1, -0.05) is 35.3 Å². The van der Waals surface area contributed by atoms with Crippen LogP contribution in [-0.4, -0.2) is 17.0 Å². The zero-order chi connectivity index (χ0) is 18.0. The van der Waals surface area contributed by atoms with Gasteiger partial charge in [-0.3, -0.25) is 14.9 Å². The van der Waals surface area contributed by atoms with Gasteiger partial charge in [0.25, 0.3) is 11.6 Å². The summed E-state index contributed by atoms with van der Waals surface area (Å²) in [6, 6.07) is 11.3. The van der Waals surface area contributed by atoms with Crippen molar-refractivity contribution in [3.63, 3.8) is 0 Å². The van der Waals surface area contributed by atoms with Crippen LogP contribution in [0.4, 0.5) is 5.69 Å². The molecule has 1 heterocycles. The van der Waals surface area contributed by atoms with Crippen LogP contribution in [0.15, 0.2) is 47.6 Å². The van der Waals surface area contributed by atoms with Crippen molar-refractivity contribution in [2.45, 2.75) is 0 Å². The highest BCUT2D eigenvalue weighted by Gasteiger charge is 2.17. The molecule has 0 spiro atoms. The lowest BCUT2D eigenvalue weighted by atomic mass is 10.2. The van der Waals surface area contributed by atoms with E-state index in [0.29, 0.717) is 20.3 Å². The lowest BCUT2D eigenvalue weighted by Gasteiger charge is -1.98. The van der Waals surface area contributed by atoms with Gasteiger partial charge < -0.3 is 0 Å². The van der Waals surface area contributed by atoms with Gasteiger partial charge in [0.1, 0.15) is 4.88 Å². The highest BCUT2D eigenvalue weighted by Crippen LogP contribution is 2.36. The maximum absolute atomic E-state index is 12.3. The third-order valence-electron chi connectivity index (χ3n) is 3.30. The van der Waals surface area contributed by atoms with E-state index in [0.717, 1.165) is 4.70 Å². The summed E-state index contributed by atoms with van der Waals surface area (Å²) in [6.45, 7) is 0. The number of thiophene rings is 1. The van der Waals surface area contributed by atoms with Crippen molar-refractivity contribution in [1.82, 2.24) is 5.43 Å². The summed E-state index contributed by atoms with van der Waals surface area (Å²) >= 11 is 13.4. The van der Waals surface area contributed by atoms with Gasteiger partial charge in [-0.15, -0.1) is 11.3 Å². The third kappa shape index (κ3) is 3.63. The van der Waals surface area contributed by atoms with Crippen molar-refractivity contribution < 1.29 is 9.72 Å². The van der Waals surface area contributed by atoms with Crippen molar-refractivity contribution in [3.8, 4) is 0 Å². The molecular weight excluding hydrogens is 385 g/mol. The molecule has 0 aliphatic rings. The smallest absolute Gasteiger partial charge is 0.266 e. The molecule has 3 aromatic rings. The normalized spacial score (nSPS) is 11.1. The number of hydrogen-bond acceptors (Lipinski definition) is 5. The molecule has 1 aromatic heterocycles. The minimum atomic E-state index is -0.518. The Hall–Kier alpha value is -2.48. The number of amides is 1. The Kier molecular flexibility index (Phi) is 4.98. The van der Waals surface area contributed by atoms with Crippen LogP contribution in [0.2, 0.25) is 10.0 Å². The fourth-order valence-corrected chi connectivity index (χ4v) is 3.71. The van der Waals surface area contributed by atoms with Gasteiger partial charge >= 0.3 is 0 Å². The van der Waals surface area contributed by atoms with Crippen LogP contribution in [0.25, 0.3) is 10.1 Å². The molecule has 0 saturated carbocycles. The van der Waals surface area contributed by atoms with Crippen molar-refractivity contribution >= 4 is 62.4 Å². The molecule has 25 heavy (non-hydrogen) atoms. The molecule has 6 nitrogen and oxygen atoms in total. The maximum Gasteiger partial charge on any atom is 0.283 e. The van der Waals surface area contributed by atoms with Gasteiger partial charge in [-0.05, 0) is 24.3 Å². The Morgan fingerprint density at radius 1 is 1.24 bits per heavy atom. The number of benzene rings is 2. The van der Waals surface area contributed by atoms with E-state index in [-0.39, 0.29) is 11.3 Å². The number of hydrazone groups is 1. The van der Waals surface area contributed by atoms with E-state index in [2.05, 4.69) is 10.5 Å². The number of nitrogens with one attached hydrogen (secondary N) is 1. The van der Waals surface area contributed by atoms with Crippen molar-refractivity contribution in [1.29, 1.82) is 0 Å². The molecule has 1 amide bonds. The van der Waals surface area contributed by atoms with Crippen molar-refractivity contribution in [2.24, 2.45) is 5.10 Å². The van der Waals surface area contributed by atoms with Gasteiger partial charge in [0.2, 0.25) is 0 Å². The molecule has 2 aromatic carbocycles. The molecule has 126 valence electrons. The molecule has 0 atom stereocenters. The molecular formula is C16H9Cl2N3O3S. The molecule has 0 aliphatic heterocycles. The minimum Gasteiger partial charge on any atom is -0.266 e. The van der Waals surface area contributed by atoms with Gasteiger partial charge in [0, 0.05) is 21.2 Å². The second-order valence-corrected chi connectivity index (χ2v) is 6.77. The molecule has 0 aliphatic carbocycles. The quantitative estimate of drug-likeness (QED) is 0.389. The highest BCUT2D eigenvalue weighted by molar-refractivity contribution is 7.21. The Morgan fingerprint density at radius 2 is 2.00 bits per heavy atom. The molecule has 9 heteroatoms. The Labute approximate surface area is 155 Å². The van der Waals surface area contributed by atoms with Gasteiger partial charge in [-0.2, -0.15) is 5.10 Å². The van der Waals surface area contributed by atoms with E-state index >= 15 is 0 Å². The van der Waals surface area contributed by atoms with E-state index in [4.69, 9.17) is 23.2 Å². The average Bonchev–Trinajstić information content (AvgIpc) is 2.91. The van der Waals surface area contributed by atoms with Crippen molar-refractivity contribution in [3.05, 3.63) is 73.1 Å². The maximum atomic E-state index is 12.3. The topological polar surface area (TPSA) is 84.6 Å². The predicted octanol–water partition coefficient (Wildman–Crippen LogP) is 4.88. The SMILES string of the molecule is O=C(N/N=C/c1ccccc1[N+](=O)[O-])c1sc2ccc(Cl)cc2c1Cl. The van der Waals surface area contributed by atoms with Gasteiger partial charge in [0.05, 0.1) is 21.7 Å². The number of nitrogens with zero attached hydrogens (tertiary/aromatic N) is 2. The Balaban J connectivity index is 1.82. The van der Waals surface area contributed by atoms with E-state index in [1.165, 1.54) is 29.7 Å². The van der Waals surface area contributed by atoms with Crippen LogP contribution >= 0.6 is 34.5 Å². The molecule has 0 bridgehead atoms. The van der Waals surface area contributed by atoms with Crippen LogP contribution < -0.4 is 5.43 Å². The summed E-state index contributed by atoms with van der Waals surface area (Å²) in [5.41, 5.74) is 2.51. The molecule has 3 rings (SSSR count). The fraction of sp³-hybridized carbons (Fsp3) is 0. The second-order valence-electron chi connectivity index (χ2n) is 4.90. The number of carbonyl (C=O) groups excluding carboxylic acids is 1. The van der Waals surface area contributed by atoms with Gasteiger partial charge in [-0.25, -0.2) is 5.43 Å². The second kappa shape index (κ2) is 7.18. The molecule has 0 radical (unpaired) electrons. The lowest BCUT2D eigenvalue weighted by Crippen LogP contribution is -2.16. The summed E-state index contributed by atoms with van der Waals surface area (Å²) in [5, 5.41) is 16.2. The summed E-state index contributed by atoms with van der Waals surface area (Å²) < 4.78 is 0.822. The van der Waals surface area contributed by atoms with Gasteiger partial charge in [0.15, 0.2) is 0 Å². The van der Waals surface area contributed by atoms with E-state index in [9.17, 15) is 14.9 Å². The zero-order valence-electron chi connectivity index (χ0n) is 12.4. The van der Waals surface area contributed by atoms with Crippen LogP contribution in [-0.2, 0) is 0 Å². The number of fused-ring (bicyclic) bond motifs is 1. The fourth-order valence-electron chi connectivity index (χ4n) is 2.16. The first-order chi connectivity index (χ1) is 12.0. The largest absolute Gasteiger partial charge is 0.283 e. The average molecular weight is 394 g/mol. The monoisotopic (exact) mass is 393 g/mol. The summed E-state index contributed by atoms with van der Waals surface area (Å²) in [4.78, 5) is 23.0. The molecule has 0 unspecified atom stereocenters. The predicted molar refractivity (Wildman–Crippen MR) is 100 cm³/mol. The van der Waals surface area contributed by atoms with Crippen LogP contribution in [0.5, 0.6) is 0 Å². The minimum absolute atomic E-state index is 0.102. The molecule has 0 saturated heterocycles. The number of para-hydroxylation sites is 1. The lowest BCUT2D eigenvalue weighted by molar-refractivity contribution is -0.385. The first kappa shape index (κ1) is 17.3. The van der Waals surface area contributed by atoms with Crippen LogP contribution in [0.1, 0.15) is 15.2 Å². The van der Waals surface area contributed by atoms with E-state index in [1.807, 2.05) is 0 Å². The summed E-state index contributed by atoms with van der Waals surface area (Å²) in [6.07, 6.45) is 1.22. The molecule has 0 fully saturated rings. The third-order valence-corrected chi connectivity index (χ3v) is 5.21. The summed E-state index contributed by atoms with van der Waals surface area (Å²) in [7, 11) is 0. The summed E-state index contributed by atoms with van der Waals surface area (Å²) in [5.74, 6) is -0.503. The highest BCUT2D eigenvalue weighted by atomic mass is 35.5. The first-order valence-corrected chi connectivity index (χ1v) is 8.49. The first-order valence-electron chi connectivity index (χ1n) is 6.91. The Morgan fingerprint density at radius 3 is 2.76 bits per heavy atom. The van der Waals surface area contributed by atoms with E-state index < -0.39 is 10.8 Å². The van der Waals surface area contributed by atoms with Crippen LogP contribution in [0, 0.1) is 10.1 Å². The van der Waals surface area contributed by atoms with Crippen molar-refractivity contribution in [2.75, 3.05) is 0 Å². The zero-order valence-corrected chi connectivity index (χ0v) is 14.7. The molecule has 1 N–H and O–H groups in total. The number of rotatable bonds is 4. The number of nitro benzene ring substituents is 1. The number of hydrogen-bond donors (Lipinski definition) is 1. The number of carbonyl (C=O) groups is 1.